The zero-order valence-corrected chi connectivity index (χ0v) is 41.1. The van der Waals surface area contributed by atoms with E-state index in [0.717, 1.165) is 38.5 Å². The van der Waals surface area contributed by atoms with E-state index in [1.54, 1.807) is 6.08 Å². The maximum Gasteiger partial charge on any atom is 0.249 e. The van der Waals surface area contributed by atoms with Gasteiger partial charge in [0.25, 0.3) is 0 Å². The highest BCUT2D eigenvalue weighted by molar-refractivity contribution is 5.80. The van der Waals surface area contributed by atoms with Crippen molar-refractivity contribution in [3.63, 3.8) is 0 Å². The van der Waals surface area contributed by atoms with Crippen LogP contribution < -0.4 is 5.32 Å². The molecular weight excluding hydrogens is 751 g/mol. The summed E-state index contributed by atoms with van der Waals surface area (Å²) >= 11 is 0. The number of hydrogen-bond acceptors (Lipinski definition) is 4. The Morgan fingerprint density at radius 1 is 0.410 bits per heavy atom. The van der Waals surface area contributed by atoms with Crippen LogP contribution in [0.4, 0.5) is 0 Å². The molecule has 4 N–H and O–H groups in total. The summed E-state index contributed by atoms with van der Waals surface area (Å²) in [7, 11) is 0. The Labute approximate surface area is 381 Å². The molecule has 5 heteroatoms. The second-order valence-electron chi connectivity index (χ2n) is 18.8. The molecule has 61 heavy (non-hydrogen) atoms. The molecule has 0 radical (unpaired) electrons. The highest BCUT2D eigenvalue weighted by atomic mass is 16.3. The Bertz CT molecular complexity index is 947. The van der Waals surface area contributed by atoms with Gasteiger partial charge in [-0.2, -0.15) is 0 Å². The van der Waals surface area contributed by atoms with Crippen molar-refractivity contribution in [2.45, 2.75) is 308 Å². The molecule has 0 aromatic carbocycles. The van der Waals surface area contributed by atoms with E-state index >= 15 is 0 Å². The van der Waals surface area contributed by atoms with Crippen LogP contribution in [0.1, 0.15) is 290 Å². The third-order valence-corrected chi connectivity index (χ3v) is 12.7. The van der Waals surface area contributed by atoms with Crippen LogP contribution in [-0.2, 0) is 4.79 Å². The maximum absolute atomic E-state index is 12.5. The lowest BCUT2D eigenvalue weighted by Gasteiger charge is -2.21. The van der Waals surface area contributed by atoms with Gasteiger partial charge in [-0.25, -0.2) is 0 Å². The monoisotopic (exact) mass is 858 g/mol. The number of hydrogen-bond donors (Lipinski definition) is 4. The van der Waals surface area contributed by atoms with Crippen LogP contribution in [0, 0.1) is 0 Å². The number of rotatable bonds is 50. The Kier molecular flexibility index (Phi) is 50.0. The topological polar surface area (TPSA) is 89.8 Å². The second kappa shape index (κ2) is 51.2. The van der Waals surface area contributed by atoms with Crippen molar-refractivity contribution < 1.29 is 20.1 Å². The van der Waals surface area contributed by atoms with Crippen molar-refractivity contribution in [3.05, 3.63) is 36.5 Å². The van der Waals surface area contributed by atoms with Crippen LogP contribution in [-0.4, -0.2) is 46.1 Å². The molecule has 0 rings (SSSR count). The minimum Gasteiger partial charge on any atom is -0.394 e. The summed E-state index contributed by atoms with van der Waals surface area (Å²) in [6.45, 7) is 4.16. The van der Waals surface area contributed by atoms with E-state index in [9.17, 15) is 20.1 Å². The highest BCUT2D eigenvalue weighted by Crippen LogP contribution is 2.17. The van der Waals surface area contributed by atoms with E-state index in [2.05, 4.69) is 43.5 Å². The lowest BCUT2D eigenvalue weighted by Crippen LogP contribution is -2.48. The summed E-state index contributed by atoms with van der Waals surface area (Å²) in [6, 6.07) is -0.795. The predicted molar refractivity (Wildman–Crippen MR) is 268 cm³/mol. The molecule has 0 aliphatic rings. The molecule has 5 nitrogen and oxygen atoms in total. The van der Waals surface area contributed by atoms with Gasteiger partial charge in [-0.3, -0.25) is 4.79 Å². The molecule has 0 spiro atoms. The van der Waals surface area contributed by atoms with Gasteiger partial charge in [0.05, 0.1) is 18.8 Å². The van der Waals surface area contributed by atoms with Gasteiger partial charge in [-0.1, -0.05) is 275 Å². The molecule has 0 fully saturated rings. The standard InChI is InChI=1S/C56H107NO4/c1-3-5-7-9-11-13-14-15-16-17-18-19-20-21-22-23-24-25-26-27-28-29-30-31-32-33-34-35-36-37-38-39-40-41-43-45-47-49-51-55(60)56(61)57-53(52-58)54(59)50-48-46-44-42-12-10-8-6-4-2/h24-25,27-28,48,50,53-55,58-60H,3-23,26,29-47,49,51-52H2,1-2H3,(H,57,61)/b25-24-,28-27-,50-48+. The normalized spacial score (nSPS) is 13.6. The average Bonchev–Trinajstić information content (AvgIpc) is 3.26. The largest absolute Gasteiger partial charge is 0.394 e. The molecule has 0 aliphatic carbocycles. The quantitative estimate of drug-likeness (QED) is 0.0362. The third-order valence-electron chi connectivity index (χ3n) is 12.7. The first kappa shape index (κ1) is 59.6. The summed E-state index contributed by atoms with van der Waals surface area (Å²) in [6.07, 6.45) is 66.8. The van der Waals surface area contributed by atoms with Gasteiger partial charge in [0, 0.05) is 0 Å². The number of aliphatic hydroxyl groups excluding tert-OH is 3. The van der Waals surface area contributed by atoms with Crippen LogP contribution in [0.25, 0.3) is 0 Å². The maximum atomic E-state index is 12.5. The minimum absolute atomic E-state index is 0.363. The Morgan fingerprint density at radius 3 is 1.03 bits per heavy atom. The number of carbonyl (C=O) groups is 1. The van der Waals surface area contributed by atoms with Gasteiger partial charge in [-0.05, 0) is 51.4 Å². The molecule has 0 bridgehead atoms. The summed E-state index contributed by atoms with van der Waals surface area (Å²) in [5.74, 6) is -0.504. The van der Waals surface area contributed by atoms with Crippen LogP contribution in [0.15, 0.2) is 36.5 Å². The number of allylic oxidation sites excluding steroid dienone is 5. The fourth-order valence-corrected chi connectivity index (χ4v) is 8.45. The summed E-state index contributed by atoms with van der Waals surface area (Å²) in [5.41, 5.74) is 0. The van der Waals surface area contributed by atoms with Gasteiger partial charge in [-0.15, -0.1) is 0 Å². The number of unbranched alkanes of at least 4 members (excludes halogenated alkanes) is 38. The number of nitrogens with one attached hydrogen (secondary N) is 1. The van der Waals surface area contributed by atoms with E-state index in [1.807, 2.05) is 6.08 Å². The lowest BCUT2D eigenvalue weighted by molar-refractivity contribution is -0.131. The van der Waals surface area contributed by atoms with Crippen molar-refractivity contribution in [3.8, 4) is 0 Å². The number of amides is 1. The smallest absolute Gasteiger partial charge is 0.249 e. The lowest BCUT2D eigenvalue weighted by atomic mass is 10.0. The molecule has 0 aromatic heterocycles. The number of carbonyl (C=O) groups excluding carboxylic acids is 1. The first-order valence-electron chi connectivity index (χ1n) is 27.3. The Morgan fingerprint density at radius 2 is 0.705 bits per heavy atom. The fraction of sp³-hybridized carbons (Fsp3) is 0.875. The van der Waals surface area contributed by atoms with Gasteiger partial charge >= 0.3 is 0 Å². The molecule has 1 amide bonds. The molecule has 3 unspecified atom stereocenters. The van der Waals surface area contributed by atoms with Crippen molar-refractivity contribution in [2.75, 3.05) is 6.61 Å². The third kappa shape index (κ3) is 46.4. The average molecular weight is 858 g/mol. The molecular formula is C56H107NO4. The van der Waals surface area contributed by atoms with E-state index in [4.69, 9.17) is 0 Å². The van der Waals surface area contributed by atoms with Crippen molar-refractivity contribution >= 4 is 5.91 Å². The molecule has 0 saturated carbocycles. The van der Waals surface area contributed by atoms with Gasteiger partial charge < -0.3 is 20.6 Å². The highest BCUT2D eigenvalue weighted by Gasteiger charge is 2.22. The Balaban J connectivity index is 3.45. The van der Waals surface area contributed by atoms with Crippen LogP contribution in [0.5, 0.6) is 0 Å². The summed E-state index contributed by atoms with van der Waals surface area (Å²) < 4.78 is 0. The van der Waals surface area contributed by atoms with Crippen molar-refractivity contribution in [1.82, 2.24) is 5.32 Å². The molecule has 360 valence electrons. The molecule has 0 aromatic rings. The predicted octanol–water partition coefficient (Wildman–Crippen LogP) is 16.7. The summed E-state index contributed by atoms with van der Waals surface area (Å²) in [4.78, 5) is 12.5. The first-order valence-corrected chi connectivity index (χ1v) is 27.3. The molecule has 0 heterocycles. The van der Waals surface area contributed by atoms with Crippen molar-refractivity contribution in [1.29, 1.82) is 0 Å². The zero-order valence-electron chi connectivity index (χ0n) is 41.1. The van der Waals surface area contributed by atoms with Gasteiger partial charge in [0.2, 0.25) is 5.91 Å². The van der Waals surface area contributed by atoms with E-state index in [-0.39, 0.29) is 6.61 Å². The first-order chi connectivity index (χ1) is 30.1. The summed E-state index contributed by atoms with van der Waals surface area (Å²) in [5, 5.41) is 33.1. The van der Waals surface area contributed by atoms with Crippen LogP contribution >= 0.6 is 0 Å². The van der Waals surface area contributed by atoms with E-state index < -0.39 is 24.2 Å². The number of aliphatic hydroxyl groups is 3. The molecule has 0 aliphatic heterocycles. The Hall–Kier alpha value is -1.43. The van der Waals surface area contributed by atoms with E-state index in [0.29, 0.717) is 6.42 Å². The minimum atomic E-state index is -1.10. The molecule has 0 saturated heterocycles. The van der Waals surface area contributed by atoms with Crippen molar-refractivity contribution in [2.24, 2.45) is 0 Å². The SMILES string of the molecule is CCCCCCCCC/C=C/C(O)C(CO)NC(=O)C(O)CCCCCCCCCCCCCCCCCC/C=C\C/C=C\CCCCCCCCCCCCCCCCC. The van der Waals surface area contributed by atoms with Gasteiger partial charge in [0.15, 0.2) is 0 Å². The second-order valence-corrected chi connectivity index (χ2v) is 18.8. The van der Waals surface area contributed by atoms with Crippen LogP contribution in [0.2, 0.25) is 0 Å². The van der Waals surface area contributed by atoms with Crippen LogP contribution in [0.3, 0.4) is 0 Å². The van der Waals surface area contributed by atoms with E-state index in [1.165, 1.54) is 231 Å². The van der Waals surface area contributed by atoms with Gasteiger partial charge in [0.1, 0.15) is 6.10 Å². The zero-order chi connectivity index (χ0) is 44.4. The molecule has 3 atom stereocenters. The fourth-order valence-electron chi connectivity index (χ4n) is 8.45.